The predicted molar refractivity (Wildman–Crippen MR) is 64.8 cm³/mol. The van der Waals surface area contributed by atoms with Gasteiger partial charge in [0, 0.05) is 24.8 Å². The van der Waals surface area contributed by atoms with E-state index in [0.717, 1.165) is 5.56 Å². The predicted octanol–water partition coefficient (Wildman–Crippen LogP) is 0.660. The maximum atomic E-state index is 11.8. The Kier molecular flexibility index (Phi) is 4.70. The number of aromatic amines is 1. The number of H-pyrrole nitrogens is 1. The van der Waals surface area contributed by atoms with Crippen LogP contribution in [0.4, 0.5) is 4.79 Å². The number of nitrogens with zero attached hydrogens (tertiary/aromatic N) is 2. The van der Waals surface area contributed by atoms with E-state index in [4.69, 9.17) is 5.11 Å². The molecular weight excluding hydrogens is 236 g/mol. The first-order valence-electron chi connectivity index (χ1n) is 5.64. The number of carbonyl (C=O) groups excluding carboxylic acids is 1. The lowest BCUT2D eigenvalue weighted by Gasteiger charge is -2.22. The van der Waals surface area contributed by atoms with Crippen molar-refractivity contribution in [2.24, 2.45) is 5.92 Å². The van der Waals surface area contributed by atoms with Crippen molar-refractivity contribution >= 4 is 12.0 Å². The monoisotopic (exact) mass is 254 g/mol. The molecule has 7 nitrogen and oxygen atoms in total. The van der Waals surface area contributed by atoms with E-state index in [1.165, 1.54) is 4.90 Å². The van der Waals surface area contributed by atoms with E-state index >= 15 is 0 Å². The van der Waals surface area contributed by atoms with Crippen molar-refractivity contribution in [3.63, 3.8) is 0 Å². The average molecular weight is 254 g/mol. The lowest BCUT2D eigenvalue weighted by atomic mass is 10.0. The van der Waals surface area contributed by atoms with Crippen LogP contribution in [-0.2, 0) is 11.3 Å². The summed E-state index contributed by atoms with van der Waals surface area (Å²) in [4.78, 5) is 24.0. The SMILES string of the molecule is CC(NC(=O)N(C)Cc1cn[nH]c1)C(C)C(=O)O. The normalized spacial score (nSPS) is 13.7. The molecule has 100 valence electrons. The first-order valence-corrected chi connectivity index (χ1v) is 5.64. The first kappa shape index (κ1) is 14.0. The Hall–Kier alpha value is -2.05. The molecule has 2 unspecified atom stereocenters. The maximum Gasteiger partial charge on any atom is 0.317 e. The highest BCUT2D eigenvalue weighted by molar-refractivity contribution is 5.76. The molecule has 1 rings (SSSR count). The second kappa shape index (κ2) is 6.04. The summed E-state index contributed by atoms with van der Waals surface area (Å²) >= 11 is 0. The summed E-state index contributed by atoms with van der Waals surface area (Å²) in [6, 6.07) is -0.737. The van der Waals surface area contributed by atoms with Crippen molar-refractivity contribution in [3.8, 4) is 0 Å². The van der Waals surface area contributed by atoms with Gasteiger partial charge in [0.2, 0.25) is 0 Å². The molecule has 0 bridgehead atoms. The van der Waals surface area contributed by atoms with Crippen LogP contribution in [0, 0.1) is 5.92 Å². The van der Waals surface area contributed by atoms with Crippen LogP contribution >= 0.6 is 0 Å². The average Bonchev–Trinajstić information content (AvgIpc) is 2.80. The smallest absolute Gasteiger partial charge is 0.317 e. The highest BCUT2D eigenvalue weighted by Gasteiger charge is 2.22. The van der Waals surface area contributed by atoms with Crippen LogP contribution in [0.25, 0.3) is 0 Å². The van der Waals surface area contributed by atoms with Gasteiger partial charge in [0.1, 0.15) is 0 Å². The van der Waals surface area contributed by atoms with Gasteiger partial charge >= 0.3 is 12.0 Å². The number of urea groups is 1. The van der Waals surface area contributed by atoms with E-state index in [1.54, 1.807) is 33.3 Å². The van der Waals surface area contributed by atoms with Gasteiger partial charge in [-0.05, 0) is 13.8 Å². The minimum Gasteiger partial charge on any atom is -0.481 e. The van der Waals surface area contributed by atoms with E-state index in [9.17, 15) is 9.59 Å². The first-order chi connectivity index (χ1) is 8.41. The summed E-state index contributed by atoms with van der Waals surface area (Å²) in [5.74, 6) is -1.56. The van der Waals surface area contributed by atoms with Gasteiger partial charge in [-0.1, -0.05) is 0 Å². The Morgan fingerprint density at radius 2 is 2.22 bits per heavy atom. The van der Waals surface area contributed by atoms with E-state index in [1.807, 2.05) is 0 Å². The largest absolute Gasteiger partial charge is 0.481 e. The second-order valence-corrected chi connectivity index (χ2v) is 4.33. The summed E-state index contributed by atoms with van der Waals surface area (Å²) in [6.07, 6.45) is 3.33. The number of rotatable bonds is 5. The fourth-order valence-corrected chi connectivity index (χ4v) is 1.35. The molecule has 0 spiro atoms. The van der Waals surface area contributed by atoms with Gasteiger partial charge in [0.15, 0.2) is 0 Å². The topological polar surface area (TPSA) is 98.3 Å². The Morgan fingerprint density at radius 1 is 1.56 bits per heavy atom. The molecule has 0 aliphatic rings. The van der Waals surface area contributed by atoms with Crippen LogP contribution in [0.3, 0.4) is 0 Å². The van der Waals surface area contributed by atoms with Crippen molar-refractivity contribution < 1.29 is 14.7 Å². The van der Waals surface area contributed by atoms with E-state index in [-0.39, 0.29) is 6.03 Å². The van der Waals surface area contributed by atoms with Gasteiger partial charge in [-0.3, -0.25) is 9.89 Å². The molecular formula is C11H18N4O3. The summed E-state index contributed by atoms with van der Waals surface area (Å²) in [6.45, 7) is 3.64. The quantitative estimate of drug-likeness (QED) is 0.718. The lowest BCUT2D eigenvalue weighted by molar-refractivity contribution is -0.141. The third kappa shape index (κ3) is 3.76. The zero-order valence-electron chi connectivity index (χ0n) is 10.7. The molecule has 0 radical (unpaired) electrons. The number of nitrogens with one attached hydrogen (secondary N) is 2. The van der Waals surface area contributed by atoms with Crippen LogP contribution in [0.15, 0.2) is 12.4 Å². The number of amides is 2. The molecule has 0 aliphatic heterocycles. The molecule has 0 aromatic carbocycles. The second-order valence-electron chi connectivity index (χ2n) is 4.33. The third-order valence-electron chi connectivity index (χ3n) is 2.81. The third-order valence-corrected chi connectivity index (χ3v) is 2.81. The highest BCUT2D eigenvalue weighted by Crippen LogP contribution is 2.04. The van der Waals surface area contributed by atoms with Gasteiger partial charge in [0.05, 0.1) is 18.7 Å². The molecule has 2 amide bonds. The molecule has 1 aromatic heterocycles. The Morgan fingerprint density at radius 3 is 2.72 bits per heavy atom. The Balaban J connectivity index is 2.47. The number of carbonyl (C=O) groups is 2. The zero-order chi connectivity index (χ0) is 13.7. The van der Waals surface area contributed by atoms with Crippen LogP contribution in [0.5, 0.6) is 0 Å². The number of aliphatic carboxylic acids is 1. The fourth-order valence-electron chi connectivity index (χ4n) is 1.35. The summed E-state index contributed by atoms with van der Waals surface area (Å²) < 4.78 is 0. The number of carboxylic acid groups (broad SMARTS) is 1. The van der Waals surface area contributed by atoms with Crippen LogP contribution in [0.2, 0.25) is 0 Å². The number of aromatic nitrogens is 2. The molecule has 0 saturated heterocycles. The minimum atomic E-state index is -0.930. The molecule has 18 heavy (non-hydrogen) atoms. The standard InChI is InChI=1S/C11H18N4O3/c1-7(10(16)17)8(2)14-11(18)15(3)6-9-4-12-13-5-9/h4-5,7-8H,6H2,1-3H3,(H,12,13)(H,14,18)(H,16,17). The summed E-state index contributed by atoms with van der Waals surface area (Å²) in [5.41, 5.74) is 0.881. The van der Waals surface area contributed by atoms with Crippen LogP contribution in [0.1, 0.15) is 19.4 Å². The molecule has 2 atom stereocenters. The zero-order valence-corrected chi connectivity index (χ0v) is 10.7. The highest BCUT2D eigenvalue weighted by atomic mass is 16.4. The van der Waals surface area contributed by atoms with Crippen molar-refractivity contribution in [2.45, 2.75) is 26.4 Å². The van der Waals surface area contributed by atoms with Crippen LogP contribution in [-0.4, -0.2) is 45.3 Å². The lowest BCUT2D eigenvalue weighted by Crippen LogP contribution is -2.45. The Labute approximate surface area is 105 Å². The molecule has 1 aromatic rings. The van der Waals surface area contributed by atoms with Crippen molar-refractivity contribution in [1.82, 2.24) is 20.4 Å². The summed E-state index contributed by atoms with van der Waals surface area (Å²) in [5, 5.41) is 17.9. The summed E-state index contributed by atoms with van der Waals surface area (Å²) in [7, 11) is 1.64. The minimum absolute atomic E-state index is 0.309. The number of carboxylic acids is 1. The fraction of sp³-hybridized carbons (Fsp3) is 0.545. The molecule has 0 fully saturated rings. The van der Waals surface area contributed by atoms with Crippen LogP contribution < -0.4 is 5.32 Å². The van der Waals surface area contributed by atoms with E-state index in [2.05, 4.69) is 15.5 Å². The van der Waals surface area contributed by atoms with E-state index in [0.29, 0.717) is 6.54 Å². The van der Waals surface area contributed by atoms with Crippen molar-refractivity contribution in [3.05, 3.63) is 18.0 Å². The maximum absolute atomic E-state index is 11.8. The van der Waals surface area contributed by atoms with Crippen molar-refractivity contribution in [2.75, 3.05) is 7.05 Å². The molecule has 3 N–H and O–H groups in total. The van der Waals surface area contributed by atoms with Gasteiger partial charge < -0.3 is 15.3 Å². The van der Waals surface area contributed by atoms with Gasteiger partial charge in [-0.25, -0.2) is 4.79 Å². The molecule has 0 saturated carbocycles. The van der Waals surface area contributed by atoms with E-state index < -0.39 is 17.9 Å². The number of hydrogen-bond donors (Lipinski definition) is 3. The molecule has 1 heterocycles. The van der Waals surface area contributed by atoms with Gasteiger partial charge in [-0.15, -0.1) is 0 Å². The Bertz CT molecular complexity index is 404. The van der Waals surface area contributed by atoms with Crippen molar-refractivity contribution in [1.29, 1.82) is 0 Å². The van der Waals surface area contributed by atoms with Gasteiger partial charge in [0.25, 0.3) is 0 Å². The number of hydrogen-bond acceptors (Lipinski definition) is 3. The molecule has 0 aliphatic carbocycles. The molecule has 7 heteroatoms. The van der Waals surface area contributed by atoms with Gasteiger partial charge in [-0.2, -0.15) is 5.10 Å².